The second-order valence-corrected chi connectivity index (χ2v) is 4.32. The fraction of sp³-hybridized carbons (Fsp3) is 0.375. The number of carbonyl (C=O) groups excluding carboxylic acids is 1. The number of carbonyl (C=O) groups is 1. The number of hydrogen-bond donors (Lipinski definition) is 1. The van der Waals surface area contributed by atoms with E-state index in [-0.39, 0.29) is 5.91 Å². The molecular weight excluding hydrogens is 252 g/mol. The van der Waals surface area contributed by atoms with Crippen molar-refractivity contribution >= 4 is 18.1 Å². The predicted octanol–water partition coefficient (Wildman–Crippen LogP) is 1.00. The summed E-state index contributed by atoms with van der Waals surface area (Å²) in [5.41, 5.74) is 0.426. The number of unbranched alkanes of at least 4 members (excludes halogenated alkanes) is 1. The molecule has 0 fully saturated rings. The molecule has 1 aromatic rings. The zero-order valence-corrected chi connectivity index (χ0v) is 12.2. The highest BCUT2D eigenvalue weighted by Crippen LogP contribution is 1.91. The molecule has 1 rings (SSSR count). The minimum absolute atomic E-state index is 0.149. The highest BCUT2D eigenvalue weighted by Gasteiger charge is 2.05. The third-order valence-electron chi connectivity index (χ3n) is 2.84. The first-order chi connectivity index (χ1) is 9.72. The Balaban J connectivity index is 2.72. The van der Waals surface area contributed by atoms with E-state index in [1.807, 2.05) is 19.1 Å². The Morgan fingerprint density at radius 3 is 2.90 bits per heavy atom. The van der Waals surface area contributed by atoms with Gasteiger partial charge < -0.3 is 10.1 Å². The average molecular weight is 274 g/mol. The van der Waals surface area contributed by atoms with Gasteiger partial charge in [-0.1, -0.05) is 24.8 Å². The molecule has 0 bridgehead atoms. The molecule has 0 aliphatic carbocycles. The first kappa shape index (κ1) is 16.1. The summed E-state index contributed by atoms with van der Waals surface area (Å²) < 4.78 is 4.96. The van der Waals surface area contributed by atoms with Gasteiger partial charge in [-0.05, 0) is 37.1 Å². The molecule has 0 aromatic carbocycles. The van der Waals surface area contributed by atoms with E-state index in [2.05, 4.69) is 16.9 Å². The van der Waals surface area contributed by atoms with Crippen LogP contribution in [0.25, 0.3) is 12.2 Å². The van der Waals surface area contributed by atoms with Gasteiger partial charge in [0.2, 0.25) is 0 Å². The highest BCUT2D eigenvalue weighted by atomic mass is 16.5. The Morgan fingerprint density at radius 2 is 2.25 bits per heavy atom. The Bertz CT molecular complexity index is 564. The van der Waals surface area contributed by atoms with Gasteiger partial charge in [0.25, 0.3) is 5.91 Å². The van der Waals surface area contributed by atoms with Crippen molar-refractivity contribution in [1.82, 2.24) is 10.3 Å². The number of pyridine rings is 1. The van der Waals surface area contributed by atoms with Crippen LogP contribution in [0.3, 0.4) is 0 Å². The van der Waals surface area contributed by atoms with E-state index in [9.17, 15) is 4.79 Å². The van der Waals surface area contributed by atoms with Crippen LogP contribution in [0.15, 0.2) is 24.8 Å². The Hall–Kier alpha value is -1.94. The van der Waals surface area contributed by atoms with Crippen LogP contribution in [0.2, 0.25) is 0 Å². The minimum Gasteiger partial charge on any atom is -0.385 e. The molecule has 20 heavy (non-hydrogen) atoms. The lowest BCUT2D eigenvalue weighted by Gasteiger charge is -2.04. The van der Waals surface area contributed by atoms with Crippen molar-refractivity contribution in [3.8, 4) is 0 Å². The molecule has 1 amide bonds. The molecule has 1 N–H and O–H groups in total. The topological polar surface area (TPSA) is 51.2 Å². The maximum absolute atomic E-state index is 12.0. The van der Waals surface area contributed by atoms with E-state index >= 15 is 0 Å². The van der Waals surface area contributed by atoms with Crippen LogP contribution in [-0.4, -0.2) is 31.2 Å². The smallest absolute Gasteiger partial charge is 0.269 e. The van der Waals surface area contributed by atoms with Crippen LogP contribution in [0.1, 0.15) is 30.3 Å². The van der Waals surface area contributed by atoms with E-state index in [1.54, 1.807) is 25.3 Å². The summed E-state index contributed by atoms with van der Waals surface area (Å²) in [5.74, 6) is -0.149. The number of methoxy groups -OCH3 is 1. The number of hydrogen-bond acceptors (Lipinski definition) is 3. The largest absolute Gasteiger partial charge is 0.385 e. The fourth-order valence-electron chi connectivity index (χ4n) is 1.77. The summed E-state index contributed by atoms with van der Waals surface area (Å²) in [7, 11) is 1.67. The van der Waals surface area contributed by atoms with Crippen molar-refractivity contribution in [2.75, 3.05) is 20.3 Å². The number of ether oxygens (including phenoxy) is 1. The minimum atomic E-state index is -0.149. The molecule has 4 nitrogen and oxygen atoms in total. The first-order valence-corrected chi connectivity index (χ1v) is 6.76. The van der Waals surface area contributed by atoms with Crippen molar-refractivity contribution in [2.45, 2.75) is 19.8 Å². The Kier molecular flexibility index (Phi) is 7.29. The molecule has 0 aliphatic rings. The second-order valence-electron chi connectivity index (χ2n) is 4.32. The van der Waals surface area contributed by atoms with Crippen molar-refractivity contribution in [1.29, 1.82) is 0 Å². The monoisotopic (exact) mass is 274 g/mol. The molecular formula is C16H22N2O2. The molecule has 0 saturated heterocycles. The SMILES string of the molecule is C=C/C=c1/nc(C(=O)NCCCCOC)cc/c1=C/C. The predicted molar refractivity (Wildman–Crippen MR) is 81.7 cm³/mol. The van der Waals surface area contributed by atoms with Gasteiger partial charge in [-0.15, -0.1) is 0 Å². The zero-order chi connectivity index (χ0) is 14.8. The summed E-state index contributed by atoms with van der Waals surface area (Å²) in [6.07, 6.45) is 7.25. The van der Waals surface area contributed by atoms with E-state index in [0.29, 0.717) is 18.8 Å². The molecule has 1 heterocycles. The van der Waals surface area contributed by atoms with E-state index < -0.39 is 0 Å². The number of aromatic nitrogens is 1. The average Bonchev–Trinajstić information content (AvgIpc) is 2.47. The third kappa shape index (κ3) is 4.97. The second kappa shape index (κ2) is 9.04. The van der Waals surface area contributed by atoms with Crippen molar-refractivity contribution in [3.63, 3.8) is 0 Å². The molecule has 0 atom stereocenters. The summed E-state index contributed by atoms with van der Waals surface area (Å²) >= 11 is 0. The lowest BCUT2D eigenvalue weighted by Crippen LogP contribution is -2.33. The van der Waals surface area contributed by atoms with Gasteiger partial charge in [-0.25, -0.2) is 4.98 Å². The van der Waals surface area contributed by atoms with Gasteiger partial charge in [0.15, 0.2) is 0 Å². The van der Waals surface area contributed by atoms with Gasteiger partial charge in [0.1, 0.15) is 5.69 Å². The van der Waals surface area contributed by atoms with Crippen LogP contribution < -0.4 is 15.9 Å². The maximum Gasteiger partial charge on any atom is 0.269 e. The number of allylic oxidation sites excluding steroid dienone is 1. The lowest BCUT2D eigenvalue weighted by atomic mass is 10.2. The first-order valence-electron chi connectivity index (χ1n) is 6.76. The molecule has 4 heteroatoms. The van der Waals surface area contributed by atoms with Crippen molar-refractivity contribution < 1.29 is 9.53 Å². The van der Waals surface area contributed by atoms with Gasteiger partial charge in [-0.2, -0.15) is 0 Å². The highest BCUT2D eigenvalue weighted by molar-refractivity contribution is 5.92. The molecule has 1 aromatic heterocycles. The summed E-state index contributed by atoms with van der Waals surface area (Å²) in [6.45, 7) is 6.95. The molecule has 0 spiro atoms. The fourth-order valence-corrected chi connectivity index (χ4v) is 1.77. The summed E-state index contributed by atoms with van der Waals surface area (Å²) in [4.78, 5) is 16.3. The van der Waals surface area contributed by atoms with Crippen LogP contribution >= 0.6 is 0 Å². The van der Waals surface area contributed by atoms with Crippen molar-refractivity contribution in [2.24, 2.45) is 0 Å². The molecule has 0 radical (unpaired) electrons. The summed E-state index contributed by atoms with van der Waals surface area (Å²) in [6, 6.07) is 3.63. The molecule has 0 aliphatic heterocycles. The van der Waals surface area contributed by atoms with Gasteiger partial charge in [0, 0.05) is 20.3 Å². The normalized spacial score (nSPS) is 12.5. The molecule has 108 valence electrons. The lowest BCUT2D eigenvalue weighted by molar-refractivity contribution is 0.0946. The van der Waals surface area contributed by atoms with Gasteiger partial charge in [0.05, 0.1) is 5.35 Å². The molecule has 0 saturated carbocycles. The van der Waals surface area contributed by atoms with E-state index in [0.717, 1.165) is 23.4 Å². The van der Waals surface area contributed by atoms with Crippen LogP contribution in [-0.2, 0) is 4.74 Å². The standard InChI is InChI=1S/C16H22N2O2/c1-4-8-14-13(5-2)9-10-15(18-14)16(19)17-11-6-7-12-20-3/h4-5,8-10H,1,6-7,11-12H2,2-3H3,(H,17,19)/b13-5-,14-8+. The number of nitrogens with zero attached hydrogens (tertiary/aromatic N) is 1. The third-order valence-corrected chi connectivity index (χ3v) is 2.84. The van der Waals surface area contributed by atoms with Crippen LogP contribution in [0, 0.1) is 0 Å². The summed E-state index contributed by atoms with van der Waals surface area (Å²) in [5, 5.41) is 4.60. The zero-order valence-electron chi connectivity index (χ0n) is 12.2. The Morgan fingerprint density at radius 1 is 1.45 bits per heavy atom. The van der Waals surface area contributed by atoms with Crippen LogP contribution in [0.4, 0.5) is 0 Å². The van der Waals surface area contributed by atoms with E-state index in [1.165, 1.54) is 0 Å². The number of nitrogens with one attached hydrogen (secondary N) is 1. The number of rotatable bonds is 7. The quantitative estimate of drug-likeness (QED) is 0.755. The molecule has 0 unspecified atom stereocenters. The van der Waals surface area contributed by atoms with Crippen LogP contribution in [0.5, 0.6) is 0 Å². The Labute approximate surface area is 119 Å². The number of amides is 1. The maximum atomic E-state index is 12.0. The van der Waals surface area contributed by atoms with Crippen molar-refractivity contribution in [3.05, 3.63) is 41.0 Å². The van der Waals surface area contributed by atoms with E-state index in [4.69, 9.17) is 4.74 Å². The van der Waals surface area contributed by atoms with Gasteiger partial charge >= 0.3 is 0 Å². The van der Waals surface area contributed by atoms with Gasteiger partial charge in [-0.3, -0.25) is 4.79 Å².